The van der Waals surface area contributed by atoms with Gasteiger partial charge in [-0.3, -0.25) is 9.78 Å². The van der Waals surface area contributed by atoms with Gasteiger partial charge in [0, 0.05) is 25.2 Å². The van der Waals surface area contributed by atoms with E-state index in [4.69, 9.17) is 16.3 Å². The van der Waals surface area contributed by atoms with Crippen LogP contribution in [0.15, 0.2) is 47.5 Å². The van der Waals surface area contributed by atoms with Crippen LogP contribution < -0.4 is 10.5 Å². The molecule has 0 unspecified atom stereocenters. The first-order valence-corrected chi connectivity index (χ1v) is 8.96. The molecule has 3 aromatic rings. The Labute approximate surface area is 156 Å². The number of anilines is 1. The molecule has 1 atom stereocenters. The highest BCUT2D eigenvalue weighted by atomic mass is 35.5. The zero-order chi connectivity index (χ0) is 18.1. The van der Waals surface area contributed by atoms with Gasteiger partial charge in [0.15, 0.2) is 0 Å². The van der Waals surface area contributed by atoms with Crippen LogP contribution in [0.3, 0.4) is 0 Å². The number of halogens is 1. The van der Waals surface area contributed by atoms with E-state index >= 15 is 0 Å². The minimum atomic E-state index is -0.337. The van der Waals surface area contributed by atoms with Crippen molar-refractivity contribution in [3.8, 4) is 5.69 Å². The quantitative estimate of drug-likeness (QED) is 0.709. The highest BCUT2D eigenvalue weighted by molar-refractivity contribution is 6.33. The fraction of sp³-hybridized carbons (Fsp3) is 0.316. The summed E-state index contributed by atoms with van der Waals surface area (Å²) in [5.74, 6) is 0. The number of fused-ring (bicyclic) bond motifs is 1. The molecule has 0 amide bonds. The van der Waals surface area contributed by atoms with Crippen LogP contribution in [0.25, 0.3) is 16.6 Å². The Morgan fingerprint density at radius 3 is 3.04 bits per heavy atom. The fourth-order valence-corrected chi connectivity index (χ4v) is 3.54. The molecule has 0 N–H and O–H groups in total. The van der Waals surface area contributed by atoms with E-state index in [9.17, 15) is 4.79 Å². The number of rotatable bonds is 3. The number of aromatic nitrogens is 3. The molecule has 1 aromatic carbocycles. The maximum Gasteiger partial charge on any atom is 0.292 e. The van der Waals surface area contributed by atoms with Crippen LogP contribution in [0.1, 0.15) is 12.8 Å². The fourth-order valence-electron chi connectivity index (χ4n) is 3.27. The third-order valence-electron chi connectivity index (χ3n) is 4.80. The van der Waals surface area contributed by atoms with E-state index < -0.39 is 0 Å². The zero-order valence-corrected chi connectivity index (χ0v) is 15.2. The van der Waals surface area contributed by atoms with Crippen LogP contribution in [0.5, 0.6) is 0 Å². The Morgan fingerprint density at radius 2 is 2.23 bits per heavy atom. The molecule has 4 rings (SSSR count). The molecule has 6 nitrogen and oxygen atoms in total. The second-order valence-electron chi connectivity index (χ2n) is 6.42. The Hall–Kier alpha value is -2.44. The van der Waals surface area contributed by atoms with Crippen LogP contribution in [0, 0.1) is 0 Å². The van der Waals surface area contributed by atoms with Crippen molar-refractivity contribution in [2.24, 2.45) is 0 Å². The van der Waals surface area contributed by atoms with Gasteiger partial charge < -0.3 is 9.64 Å². The van der Waals surface area contributed by atoms with Gasteiger partial charge >= 0.3 is 0 Å². The van der Waals surface area contributed by atoms with Crippen molar-refractivity contribution < 1.29 is 4.74 Å². The van der Waals surface area contributed by atoms with E-state index in [0.717, 1.165) is 30.4 Å². The van der Waals surface area contributed by atoms with Crippen LogP contribution in [-0.2, 0) is 4.74 Å². The first-order valence-electron chi connectivity index (χ1n) is 8.59. The average molecular weight is 371 g/mol. The van der Waals surface area contributed by atoms with E-state index in [1.54, 1.807) is 12.4 Å². The van der Waals surface area contributed by atoms with Gasteiger partial charge in [-0.2, -0.15) is 9.78 Å². The molecule has 1 saturated heterocycles. The summed E-state index contributed by atoms with van der Waals surface area (Å²) in [6.07, 6.45) is 5.39. The standard InChI is InChI=1S/C19H19ClN4O2/c1-23(15-5-3-9-26-12-15)17-11-22-24(19(25)18(17)20)14-6-7-16-13(10-14)4-2-8-21-16/h2,4,6-8,10-11,15H,3,5,9,12H2,1H3/t15-/m0/s1. The highest BCUT2D eigenvalue weighted by Gasteiger charge is 2.22. The SMILES string of the molecule is CN(c1cnn(-c2ccc3ncccc3c2)c(=O)c1Cl)[C@H]1CCCOC1. The molecule has 0 spiro atoms. The van der Waals surface area contributed by atoms with Gasteiger partial charge in [-0.1, -0.05) is 17.7 Å². The van der Waals surface area contributed by atoms with Gasteiger partial charge in [0.2, 0.25) is 0 Å². The lowest BCUT2D eigenvalue weighted by Crippen LogP contribution is -2.39. The molecule has 3 heterocycles. The van der Waals surface area contributed by atoms with E-state index in [2.05, 4.69) is 10.1 Å². The van der Waals surface area contributed by atoms with Gasteiger partial charge in [-0.15, -0.1) is 0 Å². The van der Waals surface area contributed by atoms with E-state index in [1.807, 2.05) is 42.3 Å². The van der Waals surface area contributed by atoms with Gasteiger partial charge in [0.25, 0.3) is 5.56 Å². The Kier molecular flexibility index (Phi) is 4.61. The van der Waals surface area contributed by atoms with Crippen LogP contribution >= 0.6 is 11.6 Å². The second-order valence-corrected chi connectivity index (χ2v) is 6.80. The predicted molar refractivity (Wildman–Crippen MR) is 102 cm³/mol. The first kappa shape index (κ1) is 17.0. The first-order chi connectivity index (χ1) is 12.6. The molecule has 1 aliphatic rings. The third kappa shape index (κ3) is 3.06. The van der Waals surface area contributed by atoms with Gasteiger partial charge in [0.1, 0.15) is 5.02 Å². The van der Waals surface area contributed by atoms with Crippen molar-refractivity contribution in [3.63, 3.8) is 0 Å². The summed E-state index contributed by atoms with van der Waals surface area (Å²) in [5, 5.41) is 5.46. The van der Waals surface area contributed by atoms with Crippen molar-refractivity contribution in [2.75, 3.05) is 25.2 Å². The Morgan fingerprint density at radius 1 is 1.35 bits per heavy atom. The molecule has 1 aliphatic heterocycles. The summed E-state index contributed by atoms with van der Waals surface area (Å²) in [7, 11) is 1.92. The molecule has 0 bridgehead atoms. The molecule has 26 heavy (non-hydrogen) atoms. The highest BCUT2D eigenvalue weighted by Crippen LogP contribution is 2.25. The van der Waals surface area contributed by atoms with Crippen molar-refractivity contribution in [3.05, 3.63) is 58.1 Å². The molecule has 0 radical (unpaired) electrons. The maximum atomic E-state index is 12.8. The van der Waals surface area contributed by atoms with Crippen molar-refractivity contribution in [1.82, 2.24) is 14.8 Å². The summed E-state index contributed by atoms with van der Waals surface area (Å²) in [5.41, 5.74) is 1.82. The summed E-state index contributed by atoms with van der Waals surface area (Å²) < 4.78 is 6.86. The number of ether oxygens (including phenoxy) is 1. The molecule has 0 aliphatic carbocycles. The molecule has 1 fully saturated rings. The van der Waals surface area contributed by atoms with Crippen molar-refractivity contribution in [2.45, 2.75) is 18.9 Å². The molecule has 7 heteroatoms. The lowest BCUT2D eigenvalue weighted by Gasteiger charge is -2.32. The van der Waals surface area contributed by atoms with Crippen LogP contribution in [0.4, 0.5) is 5.69 Å². The third-order valence-corrected chi connectivity index (χ3v) is 5.15. The topological polar surface area (TPSA) is 60.2 Å². The zero-order valence-electron chi connectivity index (χ0n) is 14.4. The lowest BCUT2D eigenvalue weighted by molar-refractivity contribution is 0.0807. The van der Waals surface area contributed by atoms with E-state index in [1.165, 1.54) is 4.68 Å². The van der Waals surface area contributed by atoms with Crippen LogP contribution in [0.2, 0.25) is 5.02 Å². The minimum absolute atomic E-state index is 0.166. The largest absolute Gasteiger partial charge is 0.379 e. The number of hydrogen-bond acceptors (Lipinski definition) is 5. The molecule has 2 aromatic heterocycles. The summed E-state index contributed by atoms with van der Waals surface area (Å²) in [6, 6.07) is 9.57. The number of benzene rings is 1. The lowest BCUT2D eigenvalue weighted by atomic mass is 10.1. The monoisotopic (exact) mass is 370 g/mol. The van der Waals surface area contributed by atoms with Crippen molar-refractivity contribution >= 4 is 28.2 Å². The second kappa shape index (κ2) is 7.05. The maximum absolute atomic E-state index is 12.8. The van der Waals surface area contributed by atoms with Crippen molar-refractivity contribution in [1.29, 1.82) is 0 Å². The number of nitrogens with zero attached hydrogens (tertiary/aromatic N) is 4. The van der Waals surface area contributed by atoms with Gasteiger partial charge in [-0.05, 0) is 37.1 Å². The molecule has 0 saturated carbocycles. The minimum Gasteiger partial charge on any atom is -0.379 e. The molecule has 134 valence electrons. The van der Waals surface area contributed by atoms with Gasteiger partial charge in [-0.25, -0.2) is 0 Å². The van der Waals surface area contributed by atoms with Crippen LogP contribution in [-0.4, -0.2) is 41.1 Å². The summed E-state index contributed by atoms with van der Waals surface area (Å²) in [4.78, 5) is 19.1. The number of hydrogen-bond donors (Lipinski definition) is 0. The Bertz CT molecular complexity index is 998. The molecular formula is C19H19ClN4O2. The van der Waals surface area contributed by atoms with E-state index in [-0.39, 0.29) is 16.6 Å². The summed E-state index contributed by atoms with van der Waals surface area (Å²) in [6.45, 7) is 1.42. The normalized spacial score (nSPS) is 17.4. The van der Waals surface area contributed by atoms with Gasteiger partial charge in [0.05, 0.1) is 35.7 Å². The number of pyridine rings is 1. The predicted octanol–water partition coefficient (Wildman–Crippen LogP) is 3.05. The Balaban J connectivity index is 1.72. The smallest absolute Gasteiger partial charge is 0.292 e. The number of likely N-dealkylation sites (N-methyl/N-ethyl adjacent to an activating group) is 1. The molecular weight excluding hydrogens is 352 g/mol. The summed E-state index contributed by atoms with van der Waals surface area (Å²) >= 11 is 6.41. The van der Waals surface area contributed by atoms with E-state index in [0.29, 0.717) is 18.0 Å². The average Bonchev–Trinajstić information content (AvgIpc) is 2.70.